The van der Waals surface area contributed by atoms with E-state index < -0.39 is 0 Å². The van der Waals surface area contributed by atoms with Crippen molar-refractivity contribution in [1.82, 2.24) is 0 Å². The van der Waals surface area contributed by atoms with E-state index in [0.717, 1.165) is 12.8 Å². The Balaban J connectivity index is -0.000000411. The third-order valence-corrected chi connectivity index (χ3v) is 3.51. The van der Waals surface area contributed by atoms with Crippen molar-refractivity contribution < 1.29 is 17.1 Å². The summed E-state index contributed by atoms with van der Waals surface area (Å²) in [5.74, 6) is 0. The number of hydrogen-bond donors (Lipinski definition) is 0. The molecule has 0 unspecified atom stereocenters. The van der Waals surface area contributed by atoms with Gasteiger partial charge in [-0.15, -0.1) is 24.2 Å². The minimum Gasteiger partial charge on any atom is -0.676 e. The average molecular weight is 424 g/mol. The Morgan fingerprint density at radius 2 is 0.704 bits per heavy atom. The molecule has 0 heterocycles. The summed E-state index contributed by atoms with van der Waals surface area (Å²) in [5, 5.41) is 18.4. The van der Waals surface area contributed by atoms with Gasteiger partial charge in [0.25, 0.3) is 0 Å². The van der Waals surface area contributed by atoms with Crippen LogP contribution in [0.5, 0.6) is 0 Å². The maximum Gasteiger partial charge on any atom is 0 e. The summed E-state index contributed by atoms with van der Waals surface area (Å²) in [6, 6.07) is 1.63. The molecule has 0 amide bonds. The first-order valence-electron chi connectivity index (χ1n) is 10.9. The Bertz CT molecular complexity index is 235. The molecule has 0 fully saturated rings. The van der Waals surface area contributed by atoms with E-state index in [-0.39, 0.29) is 29.4 Å². The third-order valence-electron chi connectivity index (χ3n) is 3.51. The van der Waals surface area contributed by atoms with Gasteiger partial charge in [0.15, 0.2) is 0 Å². The third kappa shape index (κ3) is 26.4. The van der Waals surface area contributed by atoms with Gasteiger partial charge in [-0.05, 0) is 0 Å². The summed E-state index contributed by atoms with van der Waals surface area (Å²) in [7, 11) is 0. The van der Waals surface area contributed by atoms with Crippen LogP contribution >= 0.6 is 0 Å². The first-order chi connectivity index (χ1) is 12.1. The van der Waals surface area contributed by atoms with Crippen LogP contribution in [0.2, 0.25) is 0 Å². The van der Waals surface area contributed by atoms with Crippen LogP contribution in [0, 0.1) is 0 Å². The number of hydrogen-bond acceptors (Lipinski definition) is 0. The van der Waals surface area contributed by atoms with Crippen molar-refractivity contribution in [3.05, 3.63) is 21.3 Å². The smallest absolute Gasteiger partial charge is 0 e. The van der Waals surface area contributed by atoms with Gasteiger partial charge in [0.05, 0.1) is 0 Å². The molecular formula is C22H48MnN4-4. The van der Waals surface area contributed by atoms with E-state index in [4.69, 9.17) is 0 Å². The minimum atomic E-state index is 0. The zero-order chi connectivity index (χ0) is 20.5. The second-order valence-electron chi connectivity index (χ2n) is 8.22. The molecule has 1 radical (unpaired) electrons. The fourth-order valence-electron chi connectivity index (χ4n) is 2.53. The molecule has 0 aromatic carbocycles. The van der Waals surface area contributed by atoms with Crippen molar-refractivity contribution in [2.24, 2.45) is 0 Å². The predicted octanol–water partition coefficient (Wildman–Crippen LogP) is 8.13. The molecule has 4 nitrogen and oxygen atoms in total. The van der Waals surface area contributed by atoms with Crippen LogP contribution in [0.1, 0.15) is 108 Å². The fraction of sp³-hybridized carbons (Fsp3) is 1.00. The molecule has 0 spiro atoms. The van der Waals surface area contributed by atoms with Gasteiger partial charge in [-0.3, -0.25) is 0 Å². The zero-order valence-corrected chi connectivity index (χ0v) is 21.1. The summed E-state index contributed by atoms with van der Waals surface area (Å²) < 4.78 is 0. The van der Waals surface area contributed by atoms with Crippen molar-refractivity contribution >= 4 is 0 Å². The molecule has 0 bridgehead atoms. The normalized spacial score (nSPS) is 11.6. The molecule has 0 aromatic heterocycles. The molecule has 0 aliphatic carbocycles. The Morgan fingerprint density at radius 3 is 0.852 bits per heavy atom. The molecule has 0 saturated carbocycles. The van der Waals surface area contributed by atoms with Gasteiger partial charge >= 0.3 is 0 Å². The molecule has 0 aliphatic rings. The van der Waals surface area contributed by atoms with Crippen molar-refractivity contribution in [1.29, 1.82) is 0 Å². The van der Waals surface area contributed by atoms with Gasteiger partial charge in [-0.25, -0.2) is 12.3 Å². The summed E-state index contributed by atoms with van der Waals surface area (Å²) in [4.78, 5) is 0. The largest absolute Gasteiger partial charge is 0.676 e. The van der Waals surface area contributed by atoms with Crippen LogP contribution in [0.3, 0.4) is 0 Å². The van der Waals surface area contributed by atoms with Crippen molar-refractivity contribution in [2.75, 3.05) is 0 Å². The van der Waals surface area contributed by atoms with E-state index in [1.54, 1.807) is 0 Å². The van der Waals surface area contributed by atoms with Crippen molar-refractivity contribution in [3.8, 4) is 0 Å². The standard InChI is InChI=1S/2C11H24N2.Mn/c2*1-6-7-8-11(12-9(2)3)13-10(4)5;/h2*9-11H,6-8H2,1-5H3;/q2*-2;. The van der Waals surface area contributed by atoms with Crippen LogP contribution < -0.4 is 0 Å². The summed E-state index contributed by atoms with van der Waals surface area (Å²) >= 11 is 0. The SMILES string of the molecule is CCCCC([N-]C(C)C)[N-]C(C)C.CCCCC([N-]C(C)C)[N-]C(C)C.[Mn]. The molecule has 167 valence electrons. The topological polar surface area (TPSA) is 56.4 Å². The Labute approximate surface area is 182 Å². The minimum absolute atomic E-state index is 0. The summed E-state index contributed by atoms with van der Waals surface area (Å²) in [5.41, 5.74) is 0. The van der Waals surface area contributed by atoms with Crippen LogP contribution in [-0.4, -0.2) is 36.5 Å². The fourth-order valence-corrected chi connectivity index (χ4v) is 2.53. The Kier molecular flexibility index (Phi) is 25.0. The van der Waals surface area contributed by atoms with Crippen molar-refractivity contribution in [2.45, 2.75) is 144 Å². The van der Waals surface area contributed by atoms with Gasteiger partial charge < -0.3 is 21.3 Å². The molecule has 5 heteroatoms. The summed E-state index contributed by atoms with van der Waals surface area (Å²) in [6.45, 7) is 21.4. The molecule has 0 atom stereocenters. The first kappa shape index (κ1) is 32.0. The van der Waals surface area contributed by atoms with Crippen LogP contribution in [-0.2, 0) is 17.1 Å². The molecule has 0 N–H and O–H groups in total. The molecule has 27 heavy (non-hydrogen) atoms. The number of unbranched alkanes of at least 4 members (excludes halogenated alkanes) is 2. The van der Waals surface area contributed by atoms with Gasteiger partial charge in [-0.1, -0.05) is 108 Å². The van der Waals surface area contributed by atoms with E-state index in [0.29, 0.717) is 24.2 Å². The van der Waals surface area contributed by atoms with E-state index in [2.05, 4.69) is 90.5 Å². The van der Waals surface area contributed by atoms with Gasteiger partial charge in [0.2, 0.25) is 0 Å². The van der Waals surface area contributed by atoms with E-state index in [9.17, 15) is 0 Å². The first-order valence-corrected chi connectivity index (χ1v) is 10.9. The number of nitrogens with zero attached hydrogens (tertiary/aromatic N) is 4. The monoisotopic (exact) mass is 423 g/mol. The molecular weight excluding hydrogens is 375 g/mol. The van der Waals surface area contributed by atoms with E-state index >= 15 is 0 Å². The van der Waals surface area contributed by atoms with Crippen molar-refractivity contribution in [3.63, 3.8) is 0 Å². The van der Waals surface area contributed by atoms with Gasteiger partial charge in [-0.2, -0.15) is 0 Å². The maximum absolute atomic E-state index is 4.59. The Hall–Kier alpha value is 0.359. The van der Waals surface area contributed by atoms with Crippen LogP contribution in [0.25, 0.3) is 21.3 Å². The molecule has 0 rings (SSSR count). The van der Waals surface area contributed by atoms with Gasteiger partial charge in [0, 0.05) is 17.1 Å². The second-order valence-corrected chi connectivity index (χ2v) is 8.22. The van der Waals surface area contributed by atoms with Crippen LogP contribution in [0.15, 0.2) is 0 Å². The average Bonchev–Trinajstić information content (AvgIpc) is 2.48. The van der Waals surface area contributed by atoms with E-state index in [1.807, 2.05) is 0 Å². The second kappa shape index (κ2) is 21.1. The van der Waals surface area contributed by atoms with Gasteiger partial charge in [0.1, 0.15) is 0 Å². The summed E-state index contributed by atoms with van der Waals surface area (Å²) in [6.07, 6.45) is 7.64. The molecule has 0 aromatic rings. The van der Waals surface area contributed by atoms with E-state index in [1.165, 1.54) is 25.7 Å². The number of rotatable bonds is 14. The molecule has 0 saturated heterocycles. The predicted molar refractivity (Wildman–Crippen MR) is 121 cm³/mol. The zero-order valence-electron chi connectivity index (χ0n) is 19.9. The maximum atomic E-state index is 4.59. The van der Waals surface area contributed by atoms with Crippen LogP contribution in [0.4, 0.5) is 0 Å². The Morgan fingerprint density at radius 1 is 0.481 bits per heavy atom. The molecule has 0 aliphatic heterocycles. The quantitative estimate of drug-likeness (QED) is 0.253.